The first kappa shape index (κ1) is 12.9. The molecule has 0 aromatic rings. The molecule has 1 saturated carbocycles. The maximum atomic E-state index is 9.82. The molecule has 0 saturated heterocycles. The quantitative estimate of drug-likeness (QED) is 0.665. The molecule has 3 nitrogen and oxygen atoms in total. The monoisotopic (exact) mass is 214 g/mol. The van der Waals surface area contributed by atoms with Gasteiger partial charge in [-0.05, 0) is 32.7 Å². The molecule has 1 aliphatic rings. The van der Waals surface area contributed by atoms with Crippen molar-refractivity contribution in [3.05, 3.63) is 0 Å². The van der Waals surface area contributed by atoms with E-state index in [0.717, 1.165) is 12.5 Å². The smallest absolute Gasteiger partial charge is 0.0791 e. The highest BCUT2D eigenvalue weighted by Gasteiger charge is 2.30. The largest absolute Gasteiger partial charge is 0.390 e. The molecule has 0 bridgehead atoms. The van der Waals surface area contributed by atoms with E-state index in [1.54, 1.807) is 0 Å². The van der Waals surface area contributed by atoms with Crippen LogP contribution >= 0.6 is 0 Å². The minimum atomic E-state index is -0.251. The molecular formula is C12H26N2O. The summed E-state index contributed by atoms with van der Waals surface area (Å²) in [5.74, 6) is 0.875. The maximum absolute atomic E-state index is 9.82. The summed E-state index contributed by atoms with van der Waals surface area (Å²) in [4.78, 5) is 2.28. The zero-order valence-corrected chi connectivity index (χ0v) is 10.5. The normalized spacial score (nSPS) is 21.0. The number of hydrogen-bond acceptors (Lipinski definition) is 3. The molecule has 0 aromatic carbocycles. The van der Waals surface area contributed by atoms with Gasteiger partial charge in [-0.15, -0.1) is 0 Å². The fourth-order valence-electron chi connectivity index (χ4n) is 1.87. The third kappa shape index (κ3) is 4.96. The molecule has 0 heterocycles. The van der Waals surface area contributed by atoms with Crippen molar-refractivity contribution in [3.8, 4) is 0 Å². The van der Waals surface area contributed by atoms with Gasteiger partial charge in [0, 0.05) is 25.2 Å². The molecule has 0 aliphatic heterocycles. The van der Waals surface area contributed by atoms with Crippen LogP contribution in [0.15, 0.2) is 0 Å². The van der Waals surface area contributed by atoms with Crippen molar-refractivity contribution in [1.29, 1.82) is 0 Å². The van der Waals surface area contributed by atoms with E-state index >= 15 is 0 Å². The lowest BCUT2D eigenvalue weighted by molar-refractivity contribution is 0.0997. The van der Waals surface area contributed by atoms with Crippen LogP contribution in [0.5, 0.6) is 0 Å². The number of likely N-dealkylation sites (N-methyl/N-ethyl adjacent to an activating group) is 1. The summed E-state index contributed by atoms with van der Waals surface area (Å²) in [6, 6.07) is 1.07. The van der Waals surface area contributed by atoms with E-state index in [0.29, 0.717) is 18.6 Å². The summed E-state index contributed by atoms with van der Waals surface area (Å²) in [7, 11) is 2.11. The van der Waals surface area contributed by atoms with Gasteiger partial charge in [-0.1, -0.05) is 13.8 Å². The lowest BCUT2D eigenvalue weighted by atomic mass is 10.2. The van der Waals surface area contributed by atoms with Gasteiger partial charge < -0.3 is 15.3 Å². The second-order valence-corrected chi connectivity index (χ2v) is 5.23. The van der Waals surface area contributed by atoms with Gasteiger partial charge in [0.15, 0.2) is 0 Å². The number of nitrogens with zero attached hydrogens (tertiary/aromatic N) is 1. The van der Waals surface area contributed by atoms with Crippen molar-refractivity contribution >= 4 is 0 Å². The Morgan fingerprint density at radius 1 is 1.33 bits per heavy atom. The van der Waals surface area contributed by atoms with Gasteiger partial charge in [0.05, 0.1) is 6.10 Å². The van der Waals surface area contributed by atoms with E-state index in [9.17, 15) is 5.11 Å². The van der Waals surface area contributed by atoms with Crippen molar-refractivity contribution < 1.29 is 5.11 Å². The summed E-state index contributed by atoms with van der Waals surface area (Å²) in [5.41, 5.74) is 0. The van der Waals surface area contributed by atoms with Crippen LogP contribution < -0.4 is 5.32 Å². The summed E-state index contributed by atoms with van der Waals surface area (Å²) in [6.07, 6.45) is 2.48. The molecule has 3 heteroatoms. The van der Waals surface area contributed by atoms with Crippen molar-refractivity contribution in [2.45, 2.75) is 51.8 Å². The molecule has 0 spiro atoms. The molecule has 2 N–H and O–H groups in total. The Hall–Kier alpha value is -0.120. The molecule has 1 fully saturated rings. The molecule has 90 valence electrons. The summed E-state index contributed by atoms with van der Waals surface area (Å²) in [5, 5.41) is 13.1. The molecule has 1 aliphatic carbocycles. The Morgan fingerprint density at radius 2 is 1.93 bits per heavy atom. The minimum absolute atomic E-state index is 0.251. The van der Waals surface area contributed by atoms with Crippen LogP contribution in [0.1, 0.15) is 33.6 Å². The zero-order valence-electron chi connectivity index (χ0n) is 10.5. The first-order chi connectivity index (χ1) is 7.00. The Kier molecular flexibility index (Phi) is 5.03. The standard InChI is InChI=1S/C12H26N2O/c1-9(2)13-7-12(15)8-14(4)10(3)11-5-6-11/h9-13,15H,5-8H2,1-4H3. The van der Waals surface area contributed by atoms with E-state index in [1.165, 1.54) is 12.8 Å². The van der Waals surface area contributed by atoms with E-state index in [2.05, 4.69) is 38.0 Å². The Morgan fingerprint density at radius 3 is 2.40 bits per heavy atom. The molecular weight excluding hydrogens is 188 g/mol. The molecule has 2 unspecified atom stereocenters. The molecule has 0 radical (unpaired) electrons. The van der Waals surface area contributed by atoms with Crippen molar-refractivity contribution in [1.82, 2.24) is 10.2 Å². The highest BCUT2D eigenvalue weighted by atomic mass is 16.3. The molecule has 0 amide bonds. The number of aliphatic hydroxyl groups is 1. The zero-order chi connectivity index (χ0) is 11.4. The van der Waals surface area contributed by atoms with Crippen molar-refractivity contribution in [2.24, 2.45) is 5.92 Å². The summed E-state index contributed by atoms with van der Waals surface area (Å²) >= 11 is 0. The molecule has 2 atom stereocenters. The van der Waals surface area contributed by atoms with Crippen LogP contribution in [0.3, 0.4) is 0 Å². The van der Waals surface area contributed by atoms with Crippen LogP contribution in [0.4, 0.5) is 0 Å². The van der Waals surface area contributed by atoms with Crippen molar-refractivity contribution in [3.63, 3.8) is 0 Å². The predicted molar refractivity (Wildman–Crippen MR) is 64.0 cm³/mol. The number of aliphatic hydroxyl groups excluding tert-OH is 1. The maximum Gasteiger partial charge on any atom is 0.0791 e. The second-order valence-electron chi connectivity index (χ2n) is 5.23. The van der Waals surface area contributed by atoms with Crippen LogP contribution in [-0.2, 0) is 0 Å². The fourth-order valence-corrected chi connectivity index (χ4v) is 1.87. The van der Waals surface area contributed by atoms with E-state index in [4.69, 9.17) is 0 Å². The Labute approximate surface area is 93.9 Å². The lowest BCUT2D eigenvalue weighted by Gasteiger charge is -2.27. The topological polar surface area (TPSA) is 35.5 Å². The third-order valence-corrected chi connectivity index (χ3v) is 3.26. The van der Waals surface area contributed by atoms with Gasteiger partial charge in [-0.2, -0.15) is 0 Å². The average Bonchev–Trinajstić information content (AvgIpc) is 2.96. The number of nitrogens with one attached hydrogen (secondary N) is 1. The van der Waals surface area contributed by atoms with Crippen molar-refractivity contribution in [2.75, 3.05) is 20.1 Å². The minimum Gasteiger partial charge on any atom is -0.390 e. The second kappa shape index (κ2) is 5.83. The van der Waals surface area contributed by atoms with Gasteiger partial charge in [0.25, 0.3) is 0 Å². The third-order valence-electron chi connectivity index (χ3n) is 3.26. The van der Waals surface area contributed by atoms with Gasteiger partial charge in [0.2, 0.25) is 0 Å². The summed E-state index contributed by atoms with van der Waals surface area (Å²) in [6.45, 7) is 7.93. The molecule has 1 rings (SSSR count). The van der Waals surface area contributed by atoms with Crippen LogP contribution in [-0.4, -0.2) is 48.3 Å². The van der Waals surface area contributed by atoms with Gasteiger partial charge in [-0.3, -0.25) is 0 Å². The number of rotatable bonds is 7. The lowest BCUT2D eigenvalue weighted by Crippen LogP contribution is -2.42. The van der Waals surface area contributed by atoms with Crippen LogP contribution in [0.2, 0.25) is 0 Å². The first-order valence-corrected chi connectivity index (χ1v) is 6.12. The molecule has 0 aromatic heterocycles. The van der Waals surface area contributed by atoms with Gasteiger partial charge in [-0.25, -0.2) is 0 Å². The summed E-state index contributed by atoms with van der Waals surface area (Å²) < 4.78 is 0. The molecule has 15 heavy (non-hydrogen) atoms. The average molecular weight is 214 g/mol. The highest BCUT2D eigenvalue weighted by molar-refractivity contribution is 4.84. The van der Waals surface area contributed by atoms with E-state index < -0.39 is 0 Å². The van der Waals surface area contributed by atoms with E-state index in [1.807, 2.05) is 0 Å². The fraction of sp³-hybridized carbons (Fsp3) is 1.00. The first-order valence-electron chi connectivity index (χ1n) is 6.12. The SMILES string of the molecule is CC(C)NCC(O)CN(C)C(C)C1CC1. The highest BCUT2D eigenvalue weighted by Crippen LogP contribution is 2.34. The Balaban J connectivity index is 2.15. The van der Waals surface area contributed by atoms with Gasteiger partial charge in [0.1, 0.15) is 0 Å². The number of hydrogen-bond donors (Lipinski definition) is 2. The van der Waals surface area contributed by atoms with Crippen LogP contribution in [0.25, 0.3) is 0 Å². The van der Waals surface area contributed by atoms with E-state index in [-0.39, 0.29) is 6.10 Å². The van der Waals surface area contributed by atoms with Crippen LogP contribution in [0, 0.1) is 5.92 Å². The van der Waals surface area contributed by atoms with Gasteiger partial charge >= 0.3 is 0 Å². The predicted octanol–water partition coefficient (Wildman–Crippen LogP) is 1.08. The Bertz CT molecular complexity index is 180.